The quantitative estimate of drug-likeness (QED) is 0.846. The summed E-state index contributed by atoms with van der Waals surface area (Å²) in [4.78, 5) is 12.1. The number of hydrogen-bond donors (Lipinski definition) is 1. The summed E-state index contributed by atoms with van der Waals surface area (Å²) in [6.45, 7) is 6.99. The van der Waals surface area contributed by atoms with Crippen LogP contribution in [0.5, 0.6) is 11.5 Å². The van der Waals surface area contributed by atoms with Gasteiger partial charge in [-0.2, -0.15) is 0 Å². The van der Waals surface area contributed by atoms with Crippen molar-refractivity contribution in [3.8, 4) is 11.5 Å². The Labute approximate surface area is 125 Å². The van der Waals surface area contributed by atoms with Gasteiger partial charge in [-0.25, -0.2) is 0 Å². The molecule has 0 saturated heterocycles. The van der Waals surface area contributed by atoms with Crippen molar-refractivity contribution in [2.24, 2.45) is 5.92 Å². The molecule has 5 heteroatoms. The number of methoxy groups -OCH3 is 2. The van der Waals surface area contributed by atoms with Crippen LogP contribution < -0.4 is 9.47 Å². The second-order valence-electron chi connectivity index (χ2n) is 5.87. The normalized spacial score (nSPS) is 14.2. The van der Waals surface area contributed by atoms with Crippen molar-refractivity contribution in [2.75, 3.05) is 14.2 Å². The molecule has 2 atom stereocenters. The zero-order chi connectivity index (χ0) is 16.2. The van der Waals surface area contributed by atoms with Crippen LogP contribution >= 0.6 is 0 Å². The number of aliphatic hydroxyl groups is 1. The lowest BCUT2D eigenvalue weighted by Gasteiger charge is -2.25. The molecule has 0 amide bonds. The van der Waals surface area contributed by atoms with Crippen LogP contribution in [0.15, 0.2) is 18.2 Å². The van der Waals surface area contributed by atoms with Crippen LogP contribution in [-0.4, -0.2) is 30.9 Å². The Morgan fingerprint density at radius 2 is 1.81 bits per heavy atom. The number of esters is 1. The van der Waals surface area contributed by atoms with Crippen LogP contribution in [0, 0.1) is 5.92 Å². The second-order valence-corrected chi connectivity index (χ2v) is 5.87. The molecule has 0 aromatic heterocycles. The Kier molecular flexibility index (Phi) is 5.61. The molecule has 0 heterocycles. The predicted octanol–water partition coefficient (Wildman–Crippen LogP) is 2.72. The summed E-state index contributed by atoms with van der Waals surface area (Å²) in [5.41, 5.74) is -0.0982. The third kappa shape index (κ3) is 4.63. The minimum atomic E-state index is -1.04. The highest BCUT2D eigenvalue weighted by atomic mass is 16.6. The first kappa shape index (κ1) is 17.3. The van der Waals surface area contributed by atoms with Crippen molar-refractivity contribution in [2.45, 2.75) is 39.4 Å². The standard InChI is InChI=1S/C16H24O5/c1-10(15(18)21-16(2,3)4)14(17)12-9-11(19-5)7-8-13(12)20-6/h7-10,14,17H,1-6H3. The van der Waals surface area contributed by atoms with E-state index in [9.17, 15) is 9.90 Å². The number of carbonyl (C=O) groups is 1. The molecule has 0 saturated carbocycles. The van der Waals surface area contributed by atoms with Crippen LogP contribution in [-0.2, 0) is 9.53 Å². The first-order chi connectivity index (χ1) is 9.69. The zero-order valence-electron chi connectivity index (χ0n) is 13.5. The van der Waals surface area contributed by atoms with Crippen LogP contribution in [0.1, 0.15) is 39.4 Å². The number of hydrogen-bond acceptors (Lipinski definition) is 5. The van der Waals surface area contributed by atoms with E-state index in [1.165, 1.54) is 14.2 Å². The third-order valence-electron chi connectivity index (χ3n) is 3.01. The van der Waals surface area contributed by atoms with Gasteiger partial charge < -0.3 is 19.3 Å². The summed E-state index contributed by atoms with van der Waals surface area (Å²) in [5.74, 6) is -0.0925. The van der Waals surface area contributed by atoms with E-state index in [2.05, 4.69) is 0 Å². The Morgan fingerprint density at radius 1 is 1.19 bits per heavy atom. The minimum absolute atomic E-state index is 0.458. The lowest BCUT2D eigenvalue weighted by atomic mass is 9.96. The van der Waals surface area contributed by atoms with Crippen molar-refractivity contribution < 1.29 is 24.1 Å². The molecule has 0 aliphatic carbocycles. The highest BCUT2D eigenvalue weighted by molar-refractivity contribution is 5.73. The van der Waals surface area contributed by atoms with Crippen molar-refractivity contribution >= 4 is 5.97 Å². The summed E-state index contributed by atoms with van der Waals surface area (Å²) in [6, 6.07) is 5.08. The molecular weight excluding hydrogens is 272 g/mol. The van der Waals surface area contributed by atoms with Gasteiger partial charge in [0.1, 0.15) is 17.1 Å². The smallest absolute Gasteiger partial charge is 0.312 e. The first-order valence-electron chi connectivity index (χ1n) is 6.82. The van der Waals surface area contributed by atoms with Gasteiger partial charge in [0.2, 0.25) is 0 Å². The fourth-order valence-corrected chi connectivity index (χ4v) is 1.86. The van der Waals surface area contributed by atoms with Crippen LogP contribution in [0.25, 0.3) is 0 Å². The Balaban J connectivity index is 3.01. The average molecular weight is 296 g/mol. The molecule has 0 aliphatic rings. The molecule has 1 aromatic rings. The fourth-order valence-electron chi connectivity index (χ4n) is 1.86. The highest BCUT2D eigenvalue weighted by Crippen LogP contribution is 2.34. The summed E-state index contributed by atoms with van der Waals surface area (Å²) < 4.78 is 15.7. The molecule has 0 radical (unpaired) electrons. The van der Waals surface area contributed by atoms with E-state index in [4.69, 9.17) is 14.2 Å². The number of aliphatic hydroxyl groups excluding tert-OH is 1. The molecule has 21 heavy (non-hydrogen) atoms. The number of benzene rings is 1. The van der Waals surface area contributed by atoms with E-state index in [1.807, 2.05) is 0 Å². The van der Waals surface area contributed by atoms with Gasteiger partial charge >= 0.3 is 5.97 Å². The SMILES string of the molecule is COc1ccc(OC)c(C(O)C(C)C(=O)OC(C)(C)C)c1. The maximum Gasteiger partial charge on any atom is 0.312 e. The number of carbonyl (C=O) groups excluding carboxylic acids is 1. The molecule has 118 valence electrons. The monoisotopic (exact) mass is 296 g/mol. The van der Waals surface area contributed by atoms with Crippen LogP contribution in [0.4, 0.5) is 0 Å². The molecule has 2 unspecified atom stereocenters. The third-order valence-corrected chi connectivity index (χ3v) is 3.01. The lowest BCUT2D eigenvalue weighted by Crippen LogP contribution is -2.30. The molecule has 0 aliphatic heterocycles. The van der Waals surface area contributed by atoms with Gasteiger partial charge in [-0.15, -0.1) is 0 Å². The van der Waals surface area contributed by atoms with Gasteiger partial charge in [-0.3, -0.25) is 4.79 Å². The minimum Gasteiger partial charge on any atom is -0.497 e. The van der Waals surface area contributed by atoms with Crippen molar-refractivity contribution in [1.82, 2.24) is 0 Å². The molecular formula is C16H24O5. The number of ether oxygens (including phenoxy) is 3. The Bertz CT molecular complexity index is 490. The summed E-state index contributed by atoms with van der Waals surface area (Å²) in [7, 11) is 3.05. The number of rotatable bonds is 5. The summed E-state index contributed by atoms with van der Waals surface area (Å²) in [5, 5.41) is 10.5. The molecule has 0 fully saturated rings. The topological polar surface area (TPSA) is 65.0 Å². The molecule has 0 bridgehead atoms. The van der Waals surface area contributed by atoms with E-state index >= 15 is 0 Å². The zero-order valence-corrected chi connectivity index (χ0v) is 13.5. The van der Waals surface area contributed by atoms with Crippen molar-refractivity contribution in [1.29, 1.82) is 0 Å². The molecule has 1 N–H and O–H groups in total. The molecule has 1 rings (SSSR count). The first-order valence-corrected chi connectivity index (χ1v) is 6.82. The van der Waals surface area contributed by atoms with Gasteiger partial charge in [0.05, 0.1) is 26.2 Å². The summed E-state index contributed by atoms with van der Waals surface area (Å²) >= 11 is 0. The van der Waals surface area contributed by atoms with Gasteiger partial charge in [0, 0.05) is 5.56 Å². The summed E-state index contributed by atoms with van der Waals surface area (Å²) in [6.07, 6.45) is -1.04. The van der Waals surface area contributed by atoms with Gasteiger partial charge in [0.15, 0.2) is 0 Å². The average Bonchev–Trinajstić information content (AvgIpc) is 2.43. The van der Waals surface area contributed by atoms with Gasteiger partial charge in [-0.05, 0) is 45.9 Å². The fraction of sp³-hybridized carbons (Fsp3) is 0.562. The highest BCUT2D eigenvalue weighted by Gasteiger charge is 2.30. The van der Waals surface area contributed by atoms with E-state index in [-0.39, 0.29) is 0 Å². The lowest BCUT2D eigenvalue weighted by molar-refractivity contribution is -0.163. The van der Waals surface area contributed by atoms with Gasteiger partial charge in [0.25, 0.3) is 0 Å². The van der Waals surface area contributed by atoms with Gasteiger partial charge in [-0.1, -0.05) is 0 Å². The van der Waals surface area contributed by atoms with Crippen LogP contribution in [0.3, 0.4) is 0 Å². The maximum absolute atomic E-state index is 12.1. The molecule has 0 spiro atoms. The second kappa shape index (κ2) is 6.80. The van der Waals surface area contributed by atoms with E-state index in [1.54, 1.807) is 45.9 Å². The predicted molar refractivity (Wildman–Crippen MR) is 79.5 cm³/mol. The van der Waals surface area contributed by atoms with E-state index in [0.29, 0.717) is 17.1 Å². The van der Waals surface area contributed by atoms with Crippen molar-refractivity contribution in [3.63, 3.8) is 0 Å². The van der Waals surface area contributed by atoms with Crippen LogP contribution in [0.2, 0.25) is 0 Å². The molecule has 5 nitrogen and oxygen atoms in total. The van der Waals surface area contributed by atoms with Crippen molar-refractivity contribution in [3.05, 3.63) is 23.8 Å². The molecule has 1 aromatic carbocycles. The largest absolute Gasteiger partial charge is 0.497 e. The van der Waals surface area contributed by atoms with E-state index < -0.39 is 23.6 Å². The Hall–Kier alpha value is -1.75. The Morgan fingerprint density at radius 3 is 2.29 bits per heavy atom. The van der Waals surface area contributed by atoms with E-state index in [0.717, 1.165) is 0 Å². The maximum atomic E-state index is 12.1.